The molecule has 1 aliphatic heterocycles. The molecule has 1 aromatic heterocycles. The Morgan fingerprint density at radius 3 is 2.30 bits per heavy atom. The molecule has 246 valence electrons. The molecule has 5 rings (SSSR count). The van der Waals surface area contributed by atoms with Crippen LogP contribution in [0.2, 0.25) is 0 Å². The largest absolute Gasteiger partial charge is 0.416 e. The topological polar surface area (TPSA) is 137 Å². The second kappa shape index (κ2) is 13.2. The van der Waals surface area contributed by atoms with E-state index in [1.54, 1.807) is 36.4 Å². The van der Waals surface area contributed by atoms with Crippen molar-refractivity contribution in [1.29, 1.82) is 0 Å². The van der Waals surface area contributed by atoms with Crippen molar-refractivity contribution in [3.8, 4) is 0 Å². The molecule has 15 heteroatoms. The summed E-state index contributed by atoms with van der Waals surface area (Å²) >= 11 is 0. The van der Waals surface area contributed by atoms with E-state index in [0.29, 0.717) is 17.2 Å². The molecule has 1 atom stereocenters. The third-order valence-corrected chi connectivity index (χ3v) is 8.13. The van der Waals surface area contributed by atoms with Crippen LogP contribution >= 0.6 is 0 Å². The van der Waals surface area contributed by atoms with Crippen molar-refractivity contribution in [2.24, 2.45) is 5.73 Å². The lowest BCUT2D eigenvalue weighted by Gasteiger charge is -2.36. The summed E-state index contributed by atoms with van der Waals surface area (Å²) in [4.78, 5) is 54.6. The zero-order valence-corrected chi connectivity index (χ0v) is 25.1. The van der Waals surface area contributed by atoms with E-state index in [9.17, 15) is 42.1 Å². The number of hydrogen-bond acceptors (Lipinski definition) is 7. The molecule has 11 nitrogen and oxygen atoms in total. The number of alkyl halides is 3. The predicted octanol–water partition coefficient (Wildman–Crippen LogP) is 3.98. The van der Waals surface area contributed by atoms with E-state index in [-0.39, 0.29) is 49.8 Å². The monoisotopic (exact) mass is 654 g/mol. The van der Waals surface area contributed by atoms with Crippen LogP contribution in [0.15, 0.2) is 82.4 Å². The van der Waals surface area contributed by atoms with Gasteiger partial charge in [0, 0.05) is 49.1 Å². The number of hydrogen-bond donors (Lipinski definition) is 1. The number of rotatable bonds is 9. The van der Waals surface area contributed by atoms with Crippen molar-refractivity contribution in [3.63, 3.8) is 0 Å². The van der Waals surface area contributed by atoms with Crippen LogP contribution in [0, 0.1) is 22.9 Å². The first-order valence-corrected chi connectivity index (χ1v) is 14.5. The van der Waals surface area contributed by atoms with E-state index >= 15 is 0 Å². The van der Waals surface area contributed by atoms with E-state index in [4.69, 9.17) is 5.73 Å². The maximum Gasteiger partial charge on any atom is 0.416 e. The Bertz CT molecular complexity index is 1940. The Kier molecular flexibility index (Phi) is 9.28. The molecule has 0 bridgehead atoms. The Morgan fingerprint density at radius 2 is 1.64 bits per heavy atom. The molecular formula is C32H30F4N6O5. The number of benzene rings is 3. The molecule has 2 N–H and O–H groups in total. The number of nitrogens with two attached hydrogens (primary N) is 1. The summed E-state index contributed by atoms with van der Waals surface area (Å²) in [5.74, 6) is -1.61. The van der Waals surface area contributed by atoms with Gasteiger partial charge < -0.3 is 15.5 Å². The number of piperazine rings is 1. The minimum Gasteiger partial charge on any atom is -0.355 e. The van der Waals surface area contributed by atoms with Crippen LogP contribution in [0.4, 0.5) is 28.9 Å². The third-order valence-electron chi connectivity index (χ3n) is 8.13. The molecule has 1 fully saturated rings. The summed E-state index contributed by atoms with van der Waals surface area (Å²) in [6.07, 6.45) is -4.93. The van der Waals surface area contributed by atoms with Gasteiger partial charge in [0.25, 0.3) is 11.2 Å². The van der Waals surface area contributed by atoms with Gasteiger partial charge in [0.2, 0.25) is 5.91 Å². The molecule has 0 radical (unpaired) electrons. The van der Waals surface area contributed by atoms with Gasteiger partial charge in [-0.15, -0.1) is 0 Å². The molecule has 0 spiro atoms. The normalized spacial score (nSPS) is 14.4. The molecule has 1 saturated heterocycles. The standard InChI is InChI=1S/C32H30F4N6O5/c1-20-29(39-14-13-38(28(43)19-39)16-21-7-5-10-23(15-21)42(46)47)30(44)41(18-27(37)22-8-3-2-4-9-22)31(45)40(20)17-24-25(32(34,35)36)11-6-12-26(24)33/h2-12,15,27H,13-14,16-19,37H2,1H3/t27-/m1/s1. The Hall–Kier alpha value is -5.31. The quantitative estimate of drug-likeness (QED) is 0.164. The van der Waals surface area contributed by atoms with Crippen molar-refractivity contribution < 1.29 is 27.3 Å². The van der Waals surface area contributed by atoms with E-state index in [1.165, 1.54) is 34.9 Å². The van der Waals surface area contributed by atoms with Crippen molar-refractivity contribution in [3.05, 3.63) is 138 Å². The summed E-state index contributed by atoms with van der Waals surface area (Å²) in [5.41, 5.74) is 3.30. The van der Waals surface area contributed by atoms with Crippen LogP contribution in [0.3, 0.4) is 0 Å². The minimum atomic E-state index is -4.93. The van der Waals surface area contributed by atoms with Crippen LogP contribution < -0.4 is 21.9 Å². The Labute approximate surface area is 265 Å². The van der Waals surface area contributed by atoms with Gasteiger partial charge in [-0.05, 0) is 30.2 Å². The predicted molar refractivity (Wildman–Crippen MR) is 164 cm³/mol. The maximum atomic E-state index is 14.9. The SMILES string of the molecule is Cc1c(N2CCN(Cc3cccc([N+](=O)[O-])c3)C(=O)C2)c(=O)n(C[C@@H](N)c2ccccc2)c(=O)n1Cc1c(F)cccc1C(F)(F)F. The number of amides is 1. The lowest BCUT2D eigenvalue weighted by Crippen LogP contribution is -2.53. The van der Waals surface area contributed by atoms with Gasteiger partial charge in [-0.1, -0.05) is 48.5 Å². The first-order chi connectivity index (χ1) is 22.3. The number of nitro groups is 1. The fraction of sp³-hybridized carbons (Fsp3) is 0.281. The highest BCUT2D eigenvalue weighted by Gasteiger charge is 2.35. The van der Waals surface area contributed by atoms with Crippen molar-refractivity contribution >= 4 is 17.3 Å². The second-order valence-electron chi connectivity index (χ2n) is 11.2. The number of nitro benzene ring substituents is 1. The smallest absolute Gasteiger partial charge is 0.355 e. The summed E-state index contributed by atoms with van der Waals surface area (Å²) < 4.78 is 58.3. The zero-order chi connectivity index (χ0) is 34.0. The molecule has 3 aromatic carbocycles. The summed E-state index contributed by atoms with van der Waals surface area (Å²) in [6.45, 7) is 0.0766. The fourth-order valence-electron chi connectivity index (χ4n) is 5.70. The molecule has 1 amide bonds. The van der Waals surface area contributed by atoms with Crippen LogP contribution in [-0.4, -0.2) is 44.5 Å². The average molecular weight is 655 g/mol. The first-order valence-electron chi connectivity index (χ1n) is 14.5. The van der Waals surface area contributed by atoms with Crippen LogP contribution in [0.25, 0.3) is 0 Å². The Balaban J connectivity index is 1.55. The number of halogens is 4. The van der Waals surface area contributed by atoms with Crippen LogP contribution in [0.5, 0.6) is 0 Å². The minimum absolute atomic E-state index is 0.0548. The number of anilines is 1. The van der Waals surface area contributed by atoms with E-state index in [0.717, 1.165) is 21.3 Å². The third kappa shape index (κ3) is 6.94. The number of carbonyl (C=O) groups excluding carboxylic acids is 1. The Morgan fingerprint density at radius 1 is 0.936 bits per heavy atom. The summed E-state index contributed by atoms with van der Waals surface area (Å²) in [6, 6.07) is 16.0. The molecule has 0 unspecified atom stereocenters. The highest BCUT2D eigenvalue weighted by Crippen LogP contribution is 2.33. The molecule has 4 aromatic rings. The molecular weight excluding hydrogens is 624 g/mol. The van der Waals surface area contributed by atoms with Gasteiger partial charge in [0.05, 0.1) is 30.1 Å². The number of non-ortho nitro benzene ring substituents is 1. The average Bonchev–Trinajstić information content (AvgIpc) is 3.03. The lowest BCUT2D eigenvalue weighted by molar-refractivity contribution is -0.384. The number of carbonyl (C=O) groups is 1. The molecule has 0 saturated carbocycles. The van der Waals surface area contributed by atoms with Gasteiger partial charge in [0.15, 0.2) is 0 Å². The number of nitrogens with zero attached hydrogens (tertiary/aromatic N) is 5. The maximum absolute atomic E-state index is 14.9. The molecule has 2 heterocycles. The second-order valence-corrected chi connectivity index (χ2v) is 11.2. The molecule has 47 heavy (non-hydrogen) atoms. The van der Waals surface area contributed by atoms with Crippen LogP contribution in [-0.2, 0) is 30.6 Å². The lowest BCUT2D eigenvalue weighted by atomic mass is 10.1. The van der Waals surface area contributed by atoms with Crippen LogP contribution in [0.1, 0.15) is 34.0 Å². The number of aromatic nitrogens is 2. The van der Waals surface area contributed by atoms with Gasteiger partial charge in [-0.2, -0.15) is 13.2 Å². The molecule has 0 aliphatic carbocycles. The zero-order valence-electron chi connectivity index (χ0n) is 25.1. The molecule has 1 aliphatic rings. The van der Waals surface area contributed by atoms with Gasteiger partial charge >= 0.3 is 11.9 Å². The van der Waals surface area contributed by atoms with Crippen molar-refractivity contribution in [2.45, 2.75) is 38.8 Å². The fourth-order valence-corrected chi connectivity index (χ4v) is 5.70. The highest BCUT2D eigenvalue weighted by atomic mass is 19.4. The van der Waals surface area contributed by atoms with Gasteiger partial charge in [-0.25, -0.2) is 9.18 Å². The van der Waals surface area contributed by atoms with Crippen molar-refractivity contribution in [2.75, 3.05) is 24.5 Å². The summed E-state index contributed by atoms with van der Waals surface area (Å²) in [5, 5.41) is 11.2. The van der Waals surface area contributed by atoms with E-state index in [1.807, 2.05) is 0 Å². The van der Waals surface area contributed by atoms with Gasteiger partial charge in [-0.3, -0.25) is 28.8 Å². The first kappa shape index (κ1) is 33.1. The summed E-state index contributed by atoms with van der Waals surface area (Å²) in [7, 11) is 0. The van der Waals surface area contributed by atoms with Gasteiger partial charge in [0.1, 0.15) is 11.5 Å². The van der Waals surface area contributed by atoms with E-state index in [2.05, 4.69) is 0 Å². The van der Waals surface area contributed by atoms with E-state index < -0.39 is 57.8 Å². The highest BCUT2D eigenvalue weighted by molar-refractivity contribution is 5.83. The van der Waals surface area contributed by atoms with Crippen molar-refractivity contribution in [1.82, 2.24) is 14.0 Å².